The van der Waals surface area contributed by atoms with Crippen molar-refractivity contribution in [2.24, 2.45) is 5.73 Å². The van der Waals surface area contributed by atoms with Gasteiger partial charge < -0.3 is 15.4 Å². The molecule has 4 heteroatoms. The van der Waals surface area contributed by atoms with Crippen molar-refractivity contribution in [2.75, 3.05) is 19.1 Å². The van der Waals surface area contributed by atoms with E-state index in [-0.39, 0.29) is 11.9 Å². The number of nitrogens with zero attached hydrogens (tertiary/aromatic N) is 1. The van der Waals surface area contributed by atoms with Crippen LogP contribution in [0, 0.1) is 5.82 Å². The van der Waals surface area contributed by atoms with Gasteiger partial charge in [-0.2, -0.15) is 0 Å². The topological polar surface area (TPSA) is 38.5 Å². The zero-order valence-corrected chi connectivity index (χ0v) is 11.9. The summed E-state index contributed by atoms with van der Waals surface area (Å²) in [6.07, 6.45) is 0. The maximum absolute atomic E-state index is 13.9. The van der Waals surface area contributed by atoms with Crippen molar-refractivity contribution in [1.82, 2.24) is 0 Å². The van der Waals surface area contributed by atoms with E-state index in [0.29, 0.717) is 11.4 Å². The van der Waals surface area contributed by atoms with Crippen molar-refractivity contribution < 1.29 is 9.13 Å². The van der Waals surface area contributed by atoms with Crippen molar-refractivity contribution in [3.63, 3.8) is 0 Å². The molecule has 0 heterocycles. The van der Waals surface area contributed by atoms with Gasteiger partial charge in [0.25, 0.3) is 0 Å². The van der Waals surface area contributed by atoms with Crippen molar-refractivity contribution >= 4 is 11.4 Å². The molecule has 1 atom stereocenters. The van der Waals surface area contributed by atoms with Crippen LogP contribution in [-0.4, -0.2) is 14.2 Å². The summed E-state index contributed by atoms with van der Waals surface area (Å²) in [5, 5.41) is 0. The number of para-hydroxylation sites is 1. The zero-order valence-electron chi connectivity index (χ0n) is 11.9. The average molecular weight is 274 g/mol. The highest BCUT2D eigenvalue weighted by molar-refractivity contribution is 5.69. The second kappa shape index (κ2) is 5.92. The summed E-state index contributed by atoms with van der Waals surface area (Å²) in [6, 6.07) is 12.1. The lowest BCUT2D eigenvalue weighted by molar-refractivity contribution is 0.407. The molecule has 0 radical (unpaired) electrons. The highest BCUT2D eigenvalue weighted by Gasteiger charge is 2.18. The number of hydrogen-bond acceptors (Lipinski definition) is 3. The molecular weight excluding hydrogens is 255 g/mol. The summed E-state index contributed by atoms with van der Waals surface area (Å²) in [4.78, 5) is 1.79. The summed E-state index contributed by atoms with van der Waals surface area (Å²) in [5.74, 6) is 0.439. The smallest absolute Gasteiger partial charge is 0.146 e. The Morgan fingerprint density at radius 1 is 1.10 bits per heavy atom. The predicted molar refractivity (Wildman–Crippen MR) is 80.1 cm³/mol. The first-order valence-corrected chi connectivity index (χ1v) is 6.47. The summed E-state index contributed by atoms with van der Waals surface area (Å²) in [7, 11) is 3.42. The lowest BCUT2D eigenvalue weighted by atomic mass is 10.0. The van der Waals surface area contributed by atoms with Crippen LogP contribution < -0.4 is 15.4 Å². The molecule has 3 nitrogen and oxygen atoms in total. The third kappa shape index (κ3) is 2.60. The number of benzene rings is 2. The van der Waals surface area contributed by atoms with Crippen LogP contribution in [0.15, 0.2) is 42.5 Å². The molecule has 0 fully saturated rings. The highest BCUT2D eigenvalue weighted by atomic mass is 19.1. The number of methoxy groups -OCH3 is 1. The monoisotopic (exact) mass is 274 g/mol. The van der Waals surface area contributed by atoms with Gasteiger partial charge in [0.15, 0.2) is 0 Å². The van der Waals surface area contributed by atoms with Gasteiger partial charge in [0, 0.05) is 24.3 Å². The normalized spacial score (nSPS) is 12.1. The minimum Gasteiger partial charge on any atom is -0.496 e. The molecule has 0 saturated heterocycles. The van der Waals surface area contributed by atoms with Crippen molar-refractivity contribution in [1.29, 1.82) is 0 Å². The standard InChI is InChI=1S/C16H19FN2O/c1-11(18)16-14(9-6-10-15(16)20-3)19(2)13-8-5-4-7-12(13)17/h4-11H,18H2,1-3H3/t11-/m0/s1. The molecule has 0 aliphatic carbocycles. The number of anilines is 2. The van der Waals surface area contributed by atoms with Gasteiger partial charge in [-0.1, -0.05) is 18.2 Å². The highest BCUT2D eigenvalue weighted by Crippen LogP contribution is 2.36. The van der Waals surface area contributed by atoms with Gasteiger partial charge in [0.2, 0.25) is 0 Å². The van der Waals surface area contributed by atoms with Gasteiger partial charge >= 0.3 is 0 Å². The Kier molecular flexibility index (Phi) is 4.25. The zero-order chi connectivity index (χ0) is 14.7. The lowest BCUT2D eigenvalue weighted by Gasteiger charge is -2.25. The molecule has 2 aromatic carbocycles. The Hall–Kier alpha value is -2.07. The van der Waals surface area contributed by atoms with Crippen LogP contribution in [0.25, 0.3) is 0 Å². The first-order chi connectivity index (χ1) is 9.56. The summed E-state index contributed by atoms with van der Waals surface area (Å²) < 4.78 is 19.3. The number of nitrogens with two attached hydrogens (primary N) is 1. The molecule has 0 amide bonds. The maximum atomic E-state index is 13.9. The molecule has 0 saturated carbocycles. The van der Waals surface area contributed by atoms with E-state index in [2.05, 4.69) is 0 Å². The molecule has 2 aromatic rings. The Balaban J connectivity index is 2.55. The van der Waals surface area contributed by atoms with Gasteiger partial charge in [0.1, 0.15) is 11.6 Å². The van der Waals surface area contributed by atoms with E-state index in [0.717, 1.165) is 11.3 Å². The quantitative estimate of drug-likeness (QED) is 0.925. The van der Waals surface area contributed by atoms with Gasteiger partial charge in [-0.15, -0.1) is 0 Å². The van der Waals surface area contributed by atoms with E-state index in [4.69, 9.17) is 10.5 Å². The fourth-order valence-electron chi connectivity index (χ4n) is 2.31. The Morgan fingerprint density at radius 3 is 2.35 bits per heavy atom. The summed E-state index contributed by atoms with van der Waals surface area (Å²) >= 11 is 0. The van der Waals surface area contributed by atoms with E-state index >= 15 is 0 Å². The van der Waals surface area contributed by atoms with Crippen LogP contribution in [0.1, 0.15) is 18.5 Å². The minimum atomic E-state index is -0.270. The van der Waals surface area contributed by atoms with Crippen LogP contribution in [0.2, 0.25) is 0 Å². The van der Waals surface area contributed by atoms with Crippen LogP contribution in [-0.2, 0) is 0 Å². The van der Waals surface area contributed by atoms with Gasteiger partial charge in [-0.3, -0.25) is 0 Å². The van der Waals surface area contributed by atoms with E-state index in [1.807, 2.05) is 32.2 Å². The van der Waals surface area contributed by atoms with E-state index in [1.54, 1.807) is 30.2 Å². The number of hydrogen-bond donors (Lipinski definition) is 1. The van der Waals surface area contributed by atoms with E-state index in [9.17, 15) is 4.39 Å². The van der Waals surface area contributed by atoms with Crippen LogP contribution in [0.4, 0.5) is 15.8 Å². The third-order valence-electron chi connectivity index (χ3n) is 3.29. The average Bonchev–Trinajstić information content (AvgIpc) is 2.46. The van der Waals surface area contributed by atoms with E-state index < -0.39 is 0 Å². The molecule has 0 spiro atoms. The van der Waals surface area contributed by atoms with E-state index in [1.165, 1.54) is 6.07 Å². The van der Waals surface area contributed by atoms with Crippen molar-refractivity contribution in [3.05, 3.63) is 53.8 Å². The lowest BCUT2D eigenvalue weighted by Crippen LogP contribution is -2.17. The third-order valence-corrected chi connectivity index (χ3v) is 3.29. The Morgan fingerprint density at radius 2 is 1.75 bits per heavy atom. The Bertz CT molecular complexity index is 599. The van der Waals surface area contributed by atoms with Crippen LogP contribution in [0.3, 0.4) is 0 Å². The molecule has 20 heavy (non-hydrogen) atoms. The van der Waals surface area contributed by atoms with Crippen LogP contribution in [0.5, 0.6) is 5.75 Å². The largest absolute Gasteiger partial charge is 0.496 e. The maximum Gasteiger partial charge on any atom is 0.146 e. The molecule has 0 aromatic heterocycles. The first kappa shape index (κ1) is 14.3. The van der Waals surface area contributed by atoms with Crippen LogP contribution >= 0.6 is 0 Å². The number of halogens is 1. The number of ether oxygens (including phenoxy) is 1. The van der Waals surface area contributed by atoms with Crippen molar-refractivity contribution in [2.45, 2.75) is 13.0 Å². The second-order valence-corrected chi connectivity index (χ2v) is 4.69. The fourth-order valence-corrected chi connectivity index (χ4v) is 2.31. The number of rotatable bonds is 4. The molecule has 106 valence electrons. The molecule has 0 aliphatic heterocycles. The first-order valence-electron chi connectivity index (χ1n) is 6.47. The summed E-state index contributed by atoms with van der Waals surface area (Å²) in [6.45, 7) is 1.89. The summed E-state index contributed by atoms with van der Waals surface area (Å²) in [5.41, 5.74) is 8.25. The van der Waals surface area contributed by atoms with Crippen molar-refractivity contribution in [3.8, 4) is 5.75 Å². The van der Waals surface area contributed by atoms with Gasteiger partial charge in [0.05, 0.1) is 12.8 Å². The second-order valence-electron chi connectivity index (χ2n) is 4.69. The molecule has 0 bridgehead atoms. The molecule has 2 rings (SSSR count). The molecular formula is C16H19FN2O. The fraction of sp³-hybridized carbons (Fsp3) is 0.250. The SMILES string of the molecule is COc1cccc(N(C)c2ccccc2F)c1[C@H](C)N. The predicted octanol–water partition coefficient (Wildman–Crippen LogP) is 3.62. The van der Waals surface area contributed by atoms with Gasteiger partial charge in [-0.25, -0.2) is 4.39 Å². The van der Waals surface area contributed by atoms with Gasteiger partial charge in [-0.05, 0) is 31.2 Å². The molecule has 2 N–H and O–H groups in total. The molecule has 0 unspecified atom stereocenters. The molecule has 0 aliphatic rings. The minimum absolute atomic E-state index is 0.213. The Labute approximate surface area is 118 Å².